The molecule has 2 rings (SSSR count). The highest BCUT2D eigenvalue weighted by Crippen LogP contribution is 2.29. The first-order chi connectivity index (χ1) is 14.1. The van der Waals surface area contributed by atoms with E-state index in [4.69, 9.17) is 4.74 Å². The van der Waals surface area contributed by atoms with Gasteiger partial charge < -0.3 is 10.1 Å². The molecule has 0 aliphatic heterocycles. The zero-order valence-electron chi connectivity index (χ0n) is 16.4. The number of esters is 1. The van der Waals surface area contributed by atoms with Crippen LogP contribution in [0.25, 0.3) is 0 Å². The molecule has 0 saturated carbocycles. The van der Waals surface area contributed by atoms with Gasteiger partial charge in [-0.05, 0) is 30.0 Å². The van der Waals surface area contributed by atoms with Crippen LogP contribution >= 0.6 is 0 Å². The minimum atomic E-state index is -4.49. The highest BCUT2D eigenvalue weighted by atomic mass is 19.4. The van der Waals surface area contributed by atoms with Crippen molar-refractivity contribution in [2.45, 2.75) is 32.4 Å². The molecule has 160 valence electrons. The van der Waals surface area contributed by atoms with Crippen LogP contribution in [0.5, 0.6) is 0 Å². The SMILES string of the molecule is CC(=O)NCCCc1ccc(C(=O)COC(=O)Cc2cccc(C(F)(F)F)c2)cc1. The normalized spacial score (nSPS) is 11.1. The van der Waals surface area contributed by atoms with Crippen LogP contribution in [0, 0.1) is 0 Å². The van der Waals surface area contributed by atoms with Gasteiger partial charge in [0.15, 0.2) is 12.4 Å². The van der Waals surface area contributed by atoms with Crippen molar-refractivity contribution in [3.8, 4) is 0 Å². The number of ether oxygens (including phenoxy) is 1. The first kappa shape index (κ1) is 23.1. The quantitative estimate of drug-likeness (QED) is 0.380. The fourth-order valence-electron chi connectivity index (χ4n) is 2.72. The Balaban J connectivity index is 1.81. The zero-order valence-corrected chi connectivity index (χ0v) is 16.4. The van der Waals surface area contributed by atoms with Crippen LogP contribution in [0.3, 0.4) is 0 Å². The third-order valence-corrected chi connectivity index (χ3v) is 4.26. The summed E-state index contributed by atoms with van der Waals surface area (Å²) in [6.07, 6.45) is -3.35. The van der Waals surface area contributed by atoms with E-state index in [9.17, 15) is 27.6 Å². The number of rotatable bonds is 9. The van der Waals surface area contributed by atoms with Gasteiger partial charge in [-0.1, -0.05) is 42.5 Å². The topological polar surface area (TPSA) is 72.5 Å². The molecule has 0 bridgehead atoms. The van der Waals surface area contributed by atoms with Crippen molar-refractivity contribution in [2.75, 3.05) is 13.2 Å². The molecule has 0 fully saturated rings. The molecule has 8 heteroatoms. The molecule has 0 heterocycles. The summed E-state index contributed by atoms with van der Waals surface area (Å²) in [7, 11) is 0. The molecule has 0 aliphatic rings. The van der Waals surface area contributed by atoms with E-state index in [1.54, 1.807) is 24.3 Å². The second-order valence-electron chi connectivity index (χ2n) is 6.74. The van der Waals surface area contributed by atoms with E-state index >= 15 is 0 Å². The van der Waals surface area contributed by atoms with Gasteiger partial charge in [0.2, 0.25) is 5.91 Å². The molecule has 0 radical (unpaired) electrons. The molecule has 0 aliphatic carbocycles. The molecule has 1 N–H and O–H groups in total. The second-order valence-corrected chi connectivity index (χ2v) is 6.74. The second kappa shape index (κ2) is 10.6. The summed E-state index contributed by atoms with van der Waals surface area (Å²) in [5.41, 5.74) is 0.679. The van der Waals surface area contributed by atoms with Gasteiger partial charge in [0.25, 0.3) is 0 Å². The number of Topliss-reactive ketones (excluding diaryl/α,β-unsaturated/α-hetero) is 1. The minimum absolute atomic E-state index is 0.0847. The molecule has 2 aromatic carbocycles. The van der Waals surface area contributed by atoms with E-state index in [2.05, 4.69) is 5.32 Å². The lowest BCUT2D eigenvalue weighted by molar-refractivity contribution is -0.142. The van der Waals surface area contributed by atoms with E-state index in [1.807, 2.05) is 0 Å². The monoisotopic (exact) mass is 421 g/mol. The van der Waals surface area contributed by atoms with Crippen molar-refractivity contribution in [3.05, 3.63) is 70.8 Å². The Hall–Kier alpha value is -3.16. The lowest BCUT2D eigenvalue weighted by Gasteiger charge is -2.09. The summed E-state index contributed by atoms with van der Waals surface area (Å²) >= 11 is 0. The third kappa shape index (κ3) is 7.69. The van der Waals surface area contributed by atoms with Crippen LogP contribution in [0.15, 0.2) is 48.5 Å². The molecule has 2 aromatic rings. The van der Waals surface area contributed by atoms with Gasteiger partial charge in [-0.2, -0.15) is 13.2 Å². The van der Waals surface area contributed by atoms with Crippen LogP contribution < -0.4 is 5.32 Å². The number of benzene rings is 2. The summed E-state index contributed by atoms with van der Waals surface area (Å²) in [6.45, 7) is 1.53. The van der Waals surface area contributed by atoms with Crippen molar-refractivity contribution in [1.82, 2.24) is 5.32 Å². The molecule has 1 amide bonds. The van der Waals surface area contributed by atoms with Crippen LogP contribution in [0.1, 0.15) is 40.4 Å². The lowest BCUT2D eigenvalue weighted by Crippen LogP contribution is -2.21. The van der Waals surface area contributed by atoms with Gasteiger partial charge in [0.05, 0.1) is 12.0 Å². The van der Waals surface area contributed by atoms with E-state index < -0.39 is 30.1 Å². The summed E-state index contributed by atoms with van der Waals surface area (Å²) in [4.78, 5) is 34.8. The van der Waals surface area contributed by atoms with Gasteiger partial charge in [-0.3, -0.25) is 14.4 Å². The van der Waals surface area contributed by atoms with Crippen LogP contribution in [-0.2, 0) is 33.3 Å². The highest BCUT2D eigenvalue weighted by Gasteiger charge is 2.30. The lowest BCUT2D eigenvalue weighted by atomic mass is 10.1. The van der Waals surface area contributed by atoms with Gasteiger partial charge in [0, 0.05) is 19.0 Å². The maximum Gasteiger partial charge on any atom is 0.416 e. The molecule has 0 atom stereocenters. The van der Waals surface area contributed by atoms with Crippen molar-refractivity contribution >= 4 is 17.7 Å². The average Bonchev–Trinajstić information content (AvgIpc) is 2.69. The number of carbonyl (C=O) groups is 3. The Morgan fingerprint density at radius 1 is 1.00 bits per heavy atom. The number of aryl methyl sites for hydroxylation is 1. The fraction of sp³-hybridized carbons (Fsp3) is 0.318. The Morgan fingerprint density at radius 2 is 1.70 bits per heavy atom. The molecule has 0 saturated heterocycles. The predicted octanol–water partition coefficient (Wildman–Crippen LogP) is 3.74. The maximum atomic E-state index is 12.7. The number of nitrogens with one attached hydrogen (secondary N) is 1. The van der Waals surface area contributed by atoms with Crippen molar-refractivity contribution in [3.63, 3.8) is 0 Å². The van der Waals surface area contributed by atoms with Crippen molar-refractivity contribution in [2.24, 2.45) is 0 Å². The fourth-order valence-corrected chi connectivity index (χ4v) is 2.72. The average molecular weight is 421 g/mol. The minimum Gasteiger partial charge on any atom is -0.457 e. The number of hydrogen-bond acceptors (Lipinski definition) is 4. The summed E-state index contributed by atoms with van der Waals surface area (Å²) in [5.74, 6) is -1.27. The molecule has 30 heavy (non-hydrogen) atoms. The Kier molecular flexibility index (Phi) is 8.15. The van der Waals surface area contributed by atoms with Gasteiger partial charge in [0.1, 0.15) is 0 Å². The van der Waals surface area contributed by atoms with Crippen LogP contribution in [0.2, 0.25) is 0 Å². The number of amides is 1. The Labute approximate surface area is 172 Å². The van der Waals surface area contributed by atoms with Crippen LogP contribution in [0.4, 0.5) is 13.2 Å². The molecule has 0 spiro atoms. The van der Waals surface area contributed by atoms with Crippen LogP contribution in [-0.4, -0.2) is 30.8 Å². The molecule has 0 aromatic heterocycles. The van der Waals surface area contributed by atoms with E-state index in [1.165, 1.54) is 19.1 Å². The predicted molar refractivity (Wildman–Crippen MR) is 104 cm³/mol. The zero-order chi connectivity index (χ0) is 22.1. The molecular weight excluding hydrogens is 399 g/mol. The van der Waals surface area contributed by atoms with Crippen molar-refractivity contribution < 1.29 is 32.3 Å². The summed E-state index contributed by atoms with van der Waals surface area (Å²) in [5, 5.41) is 2.70. The number of halogens is 3. The third-order valence-electron chi connectivity index (χ3n) is 4.26. The Morgan fingerprint density at radius 3 is 2.33 bits per heavy atom. The maximum absolute atomic E-state index is 12.7. The van der Waals surface area contributed by atoms with E-state index in [0.29, 0.717) is 12.1 Å². The van der Waals surface area contributed by atoms with E-state index in [0.717, 1.165) is 30.5 Å². The summed E-state index contributed by atoms with van der Waals surface area (Å²) in [6, 6.07) is 11.2. The van der Waals surface area contributed by atoms with Gasteiger partial charge in [-0.15, -0.1) is 0 Å². The number of alkyl halides is 3. The smallest absolute Gasteiger partial charge is 0.416 e. The number of carbonyl (C=O) groups excluding carboxylic acids is 3. The highest BCUT2D eigenvalue weighted by molar-refractivity contribution is 5.98. The summed E-state index contributed by atoms with van der Waals surface area (Å²) < 4.78 is 43.1. The standard InChI is InChI=1S/C22H22F3NO4/c1-15(27)26-11-3-5-16-7-9-18(10-8-16)20(28)14-30-21(29)13-17-4-2-6-19(12-17)22(23,24)25/h2,4,6-10,12H,3,5,11,13-14H2,1H3,(H,26,27). The van der Waals surface area contributed by atoms with Gasteiger partial charge in [-0.25, -0.2) is 0 Å². The molecule has 0 unspecified atom stereocenters. The largest absolute Gasteiger partial charge is 0.457 e. The number of ketones is 1. The molecular formula is C22H22F3NO4. The number of hydrogen-bond donors (Lipinski definition) is 1. The van der Waals surface area contributed by atoms with Gasteiger partial charge >= 0.3 is 12.1 Å². The van der Waals surface area contributed by atoms with E-state index in [-0.39, 0.29) is 17.9 Å². The first-order valence-electron chi connectivity index (χ1n) is 9.33. The first-order valence-corrected chi connectivity index (χ1v) is 9.33. The molecule has 5 nitrogen and oxygen atoms in total. The Bertz CT molecular complexity index is 892. The van der Waals surface area contributed by atoms with Crippen molar-refractivity contribution in [1.29, 1.82) is 0 Å².